The first kappa shape index (κ1) is 13.9. The maximum atomic E-state index is 6.16. The van der Waals surface area contributed by atoms with Crippen molar-refractivity contribution in [1.29, 1.82) is 0 Å². The molecule has 0 bridgehead atoms. The lowest BCUT2D eigenvalue weighted by molar-refractivity contribution is 1.29. The van der Waals surface area contributed by atoms with Gasteiger partial charge in [-0.1, -0.05) is 39.7 Å². The van der Waals surface area contributed by atoms with Gasteiger partial charge in [0.05, 0.1) is 5.02 Å². The average Bonchev–Trinajstić information content (AvgIpc) is 2.42. The van der Waals surface area contributed by atoms with E-state index in [0.717, 1.165) is 20.0 Å². The number of fused-ring (bicyclic) bond motifs is 1. The van der Waals surface area contributed by atoms with Gasteiger partial charge in [0.2, 0.25) is 0 Å². The Balaban J connectivity index is 1.96. The second-order valence-electron chi connectivity index (χ2n) is 4.32. The molecule has 0 saturated carbocycles. The second kappa shape index (κ2) is 5.72. The van der Waals surface area contributed by atoms with E-state index >= 15 is 0 Å². The number of hydrogen-bond acceptors (Lipinski definition) is 2. The summed E-state index contributed by atoms with van der Waals surface area (Å²) in [6.45, 7) is 0. The minimum atomic E-state index is 0.579. The van der Waals surface area contributed by atoms with Crippen LogP contribution < -0.4 is 5.32 Å². The molecule has 1 heterocycles. The number of pyridine rings is 1. The zero-order chi connectivity index (χ0) is 14.1. The van der Waals surface area contributed by atoms with Crippen LogP contribution in [0.1, 0.15) is 0 Å². The van der Waals surface area contributed by atoms with Crippen LogP contribution >= 0.6 is 43.5 Å². The Hall–Kier alpha value is -1.10. The van der Waals surface area contributed by atoms with E-state index in [-0.39, 0.29) is 0 Å². The van der Waals surface area contributed by atoms with Crippen molar-refractivity contribution in [3.05, 3.63) is 62.6 Å². The molecule has 0 aliphatic carbocycles. The first-order chi connectivity index (χ1) is 9.61. The summed E-state index contributed by atoms with van der Waals surface area (Å²) in [6, 6.07) is 14.1. The molecule has 100 valence electrons. The lowest BCUT2D eigenvalue weighted by Crippen LogP contribution is -1.94. The molecule has 0 aliphatic rings. The van der Waals surface area contributed by atoms with E-state index in [1.165, 1.54) is 5.39 Å². The molecular formula is C15H9Br2ClN2. The second-order valence-corrected chi connectivity index (χ2v) is 6.55. The van der Waals surface area contributed by atoms with Crippen molar-refractivity contribution in [2.24, 2.45) is 0 Å². The molecule has 0 radical (unpaired) electrons. The van der Waals surface area contributed by atoms with E-state index in [2.05, 4.69) is 66.4 Å². The predicted molar refractivity (Wildman–Crippen MR) is 91.9 cm³/mol. The fraction of sp³-hybridized carbons (Fsp3) is 0. The Morgan fingerprint density at radius 3 is 2.45 bits per heavy atom. The highest BCUT2D eigenvalue weighted by Crippen LogP contribution is 2.28. The summed E-state index contributed by atoms with van der Waals surface area (Å²) in [5, 5.41) is 6.15. The maximum absolute atomic E-state index is 6.16. The Morgan fingerprint density at radius 2 is 1.65 bits per heavy atom. The zero-order valence-corrected chi connectivity index (χ0v) is 14.1. The molecule has 3 aromatic rings. The monoisotopic (exact) mass is 410 g/mol. The molecular weight excluding hydrogens is 403 g/mol. The molecule has 1 aromatic heterocycles. The van der Waals surface area contributed by atoms with Crippen LogP contribution in [-0.2, 0) is 0 Å². The van der Waals surface area contributed by atoms with E-state index in [1.54, 1.807) is 6.20 Å². The smallest absolute Gasteiger partial charge is 0.149 e. The van der Waals surface area contributed by atoms with Gasteiger partial charge in [0, 0.05) is 20.8 Å². The number of aromatic nitrogens is 1. The summed E-state index contributed by atoms with van der Waals surface area (Å²) in [5.74, 6) is 0.645. The van der Waals surface area contributed by atoms with Crippen molar-refractivity contribution < 1.29 is 0 Å². The molecule has 0 saturated heterocycles. The Morgan fingerprint density at radius 1 is 0.900 bits per heavy atom. The van der Waals surface area contributed by atoms with E-state index in [9.17, 15) is 0 Å². The molecule has 1 N–H and O–H groups in total. The van der Waals surface area contributed by atoms with Crippen LogP contribution in [0.2, 0.25) is 5.02 Å². The highest BCUT2D eigenvalue weighted by atomic mass is 79.9. The number of rotatable bonds is 2. The molecule has 5 heteroatoms. The highest BCUT2D eigenvalue weighted by Gasteiger charge is 2.04. The minimum Gasteiger partial charge on any atom is -0.339 e. The summed E-state index contributed by atoms with van der Waals surface area (Å²) in [4.78, 5) is 4.27. The third-order valence-corrected chi connectivity index (χ3v) is 4.09. The summed E-state index contributed by atoms with van der Waals surface area (Å²) in [7, 11) is 0. The molecule has 20 heavy (non-hydrogen) atoms. The normalized spacial score (nSPS) is 10.8. The van der Waals surface area contributed by atoms with Gasteiger partial charge in [-0.15, -0.1) is 0 Å². The highest BCUT2D eigenvalue weighted by molar-refractivity contribution is 9.10. The van der Waals surface area contributed by atoms with Gasteiger partial charge in [-0.25, -0.2) is 4.98 Å². The van der Waals surface area contributed by atoms with Gasteiger partial charge in [0.1, 0.15) is 5.82 Å². The van der Waals surface area contributed by atoms with Crippen LogP contribution in [0.5, 0.6) is 0 Å². The molecule has 0 fully saturated rings. The van der Waals surface area contributed by atoms with Crippen molar-refractivity contribution in [2.45, 2.75) is 0 Å². The number of hydrogen-bond donors (Lipinski definition) is 1. The van der Waals surface area contributed by atoms with E-state index < -0.39 is 0 Å². The van der Waals surface area contributed by atoms with Crippen LogP contribution in [0.4, 0.5) is 11.5 Å². The zero-order valence-electron chi connectivity index (χ0n) is 10.2. The van der Waals surface area contributed by atoms with Gasteiger partial charge in [-0.2, -0.15) is 0 Å². The van der Waals surface area contributed by atoms with Crippen molar-refractivity contribution in [1.82, 2.24) is 4.98 Å². The number of nitrogens with zero attached hydrogens (tertiary/aromatic N) is 1. The molecule has 3 rings (SSSR count). The lowest BCUT2D eigenvalue weighted by atomic mass is 10.1. The number of nitrogens with one attached hydrogen (secondary N) is 1. The van der Waals surface area contributed by atoms with E-state index in [1.807, 2.05) is 18.2 Å². The van der Waals surface area contributed by atoms with E-state index in [0.29, 0.717) is 10.8 Å². The van der Waals surface area contributed by atoms with Gasteiger partial charge in [0.25, 0.3) is 0 Å². The SMILES string of the molecule is Clc1cc(Br)cnc1Nc1ccc2cc(Br)ccc2c1. The van der Waals surface area contributed by atoms with Gasteiger partial charge < -0.3 is 5.32 Å². The van der Waals surface area contributed by atoms with Crippen molar-refractivity contribution >= 4 is 65.7 Å². The fourth-order valence-electron chi connectivity index (χ4n) is 1.94. The van der Waals surface area contributed by atoms with Gasteiger partial charge in [-0.05, 0) is 57.0 Å². The first-order valence-corrected chi connectivity index (χ1v) is 7.85. The maximum Gasteiger partial charge on any atom is 0.149 e. The predicted octanol–water partition coefficient (Wildman–Crippen LogP) is 6.16. The van der Waals surface area contributed by atoms with Gasteiger partial charge in [0.15, 0.2) is 0 Å². The standard InChI is InChI=1S/C15H9Br2ClN2/c16-11-3-1-10-6-13(4-2-9(10)5-11)20-15-14(18)7-12(17)8-19-15/h1-8H,(H,19,20). The molecule has 0 aliphatic heterocycles. The van der Waals surface area contributed by atoms with Crippen LogP contribution in [0.15, 0.2) is 57.6 Å². The summed E-state index contributed by atoms with van der Waals surface area (Å²) < 4.78 is 1.93. The summed E-state index contributed by atoms with van der Waals surface area (Å²) in [6.07, 6.45) is 1.71. The quantitative estimate of drug-likeness (QED) is 0.545. The number of halogens is 3. The van der Waals surface area contributed by atoms with Crippen molar-refractivity contribution in [3.63, 3.8) is 0 Å². The van der Waals surface area contributed by atoms with Crippen molar-refractivity contribution in [3.8, 4) is 0 Å². The Bertz CT molecular complexity index is 790. The largest absolute Gasteiger partial charge is 0.339 e. The molecule has 2 aromatic carbocycles. The molecule has 0 atom stereocenters. The van der Waals surface area contributed by atoms with Crippen molar-refractivity contribution in [2.75, 3.05) is 5.32 Å². The van der Waals surface area contributed by atoms with Crippen LogP contribution in [0, 0.1) is 0 Å². The fourth-order valence-corrected chi connectivity index (χ4v) is 2.99. The summed E-state index contributed by atoms with van der Waals surface area (Å²) >= 11 is 13.0. The molecule has 0 amide bonds. The number of benzene rings is 2. The third-order valence-electron chi connectivity index (χ3n) is 2.87. The molecule has 0 unspecified atom stereocenters. The number of anilines is 2. The van der Waals surface area contributed by atoms with E-state index in [4.69, 9.17) is 11.6 Å². The molecule has 0 spiro atoms. The first-order valence-electron chi connectivity index (χ1n) is 5.89. The third kappa shape index (κ3) is 2.97. The minimum absolute atomic E-state index is 0.579. The van der Waals surface area contributed by atoms with Crippen LogP contribution in [-0.4, -0.2) is 4.98 Å². The average molecular weight is 413 g/mol. The topological polar surface area (TPSA) is 24.9 Å². The van der Waals surface area contributed by atoms with Crippen LogP contribution in [0.25, 0.3) is 10.8 Å². The summed E-state index contributed by atoms with van der Waals surface area (Å²) in [5.41, 5.74) is 0.955. The Kier molecular flexibility index (Phi) is 3.96. The molecule has 2 nitrogen and oxygen atoms in total. The Labute approximate surface area is 138 Å². The van der Waals surface area contributed by atoms with Gasteiger partial charge in [-0.3, -0.25) is 0 Å². The van der Waals surface area contributed by atoms with Crippen LogP contribution in [0.3, 0.4) is 0 Å². The van der Waals surface area contributed by atoms with Gasteiger partial charge >= 0.3 is 0 Å². The lowest BCUT2D eigenvalue weighted by Gasteiger charge is -2.09.